The molecule has 21 heavy (non-hydrogen) atoms. The van der Waals surface area contributed by atoms with Crippen LogP contribution in [-0.2, 0) is 0 Å². The molecule has 0 spiro atoms. The van der Waals surface area contributed by atoms with Gasteiger partial charge in [-0.3, -0.25) is 5.32 Å². The second kappa shape index (κ2) is 8.02. The molecule has 1 heterocycles. The fourth-order valence-corrected chi connectivity index (χ4v) is 3.16. The predicted octanol–water partition coefficient (Wildman–Crippen LogP) is 4.15. The van der Waals surface area contributed by atoms with Gasteiger partial charge < -0.3 is 10.4 Å². The summed E-state index contributed by atoms with van der Waals surface area (Å²) < 4.78 is 0. The molecule has 0 fully saturated rings. The van der Waals surface area contributed by atoms with E-state index in [2.05, 4.69) is 17.6 Å². The molecule has 1 unspecified atom stereocenters. The lowest BCUT2D eigenvalue weighted by Crippen LogP contribution is -2.36. The highest BCUT2D eigenvalue weighted by atomic mass is 32.1. The first-order valence-corrected chi connectivity index (χ1v) is 8.09. The number of unbranched alkanes of at least 4 members (excludes halogenated alkanes) is 2. The molecule has 0 aliphatic carbocycles. The number of urea groups is 1. The van der Waals surface area contributed by atoms with E-state index in [1.807, 2.05) is 13.8 Å². The molecule has 2 amide bonds. The van der Waals surface area contributed by atoms with Crippen LogP contribution in [0.2, 0.25) is 0 Å². The SMILES string of the molecule is CCCCCC(C)NC(=O)Nc1sc(C)c(C)c1C(=O)O. The third-order valence-corrected chi connectivity index (χ3v) is 4.57. The number of carbonyl (C=O) groups excluding carboxylic acids is 1. The first-order valence-electron chi connectivity index (χ1n) is 7.27. The van der Waals surface area contributed by atoms with Gasteiger partial charge in [0.05, 0.1) is 5.56 Å². The molecule has 0 bridgehead atoms. The van der Waals surface area contributed by atoms with E-state index in [1.54, 1.807) is 6.92 Å². The summed E-state index contributed by atoms with van der Waals surface area (Å²) in [7, 11) is 0. The van der Waals surface area contributed by atoms with E-state index in [1.165, 1.54) is 11.3 Å². The van der Waals surface area contributed by atoms with Crippen LogP contribution in [0.1, 0.15) is 60.3 Å². The van der Waals surface area contributed by atoms with Gasteiger partial charge in [-0.05, 0) is 32.8 Å². The lowest BCUT2D eigenvalue weighted by Gasteiger charge is -2.14. The maximum atomic E-state index is 11.9. The minimum Gasteiger partial charge on any atom is -0.478 e. The minimum atomic E-state index is -1.01. The van der Waals surface area contributed by atoms with Gasteiger partial charge in [-0.25, -0.2) is 9.59 Å². The Morgan fingerprint density at radius 2 is 1.95 bits per heavy atom. The summed E-state index contributed by atoms with van der Waals surface area (Å²) in [6.07, 6.45) is 4.31. The van der Waals surface area contributed by atoms with Crippen LogP contribution in [0.4, 0.5) is 9.80 Å². The van der Waals surface area contributed by atoms with Crippen molar-refractivity contribution in [3.05, 3.63) is 16.0 Å². The van der Waals surface area contributed by atoms with Crippen LogP contribution in [-0.4, -0.2) is 23.1 Å². The number of nitrogens with one attached hydrogen (secondary N) is 2. The van der Waals surface area contributed by atoms with Crippen molar-refractivity contribution in [3.8, 4) is 0 Å². The summed E-state index contributed by atoms with van der Waals surface area (Å²) in [4.78, 5) is 24.1. The van der Waals surface area contributed by atoms with Crippen molar-refractivity contribution in [2.24, 2.45) is 0 Å². The number of rotatable bonds is 7. The van der Waals surface area contributed by atoms with Gasteiger partial charge in [-0.15, -0.1) is 11.3 Å². The van der Waals surface area contributed by atoms with Gasteiger partial charge in [0.15, 0.2) is 0 Å². The van der Waals surface area contributed by atoms with E-state index in [0.29, 0.717) is 10.6 Å². The van der Waals surface area contributed by atoms with Gasteiger partial charge in [-0.1, -0.05) is 26.2 Å². The number of aryl methyl sites for hydroxylation is 1. The monoisotopic (exact) mass is 312 g/mol. The Kier molecular flexibility index (Phi) is 6.68. The Bertz CT molecular complexity index is 511. The Balaban J connectivity index is 2.63. The maximum Gasteiger partial charge on any atom is 0.338 e. The van der Waals surface area contributed by atoms with E-state index >= 15 is 0 Å². The molecule has 6 heteroatoms. The quantitative estimate of drug-likeness (QED) is 0.662. The third kappa shape index (κ3) is 5.04. The molecule has 5 nitrogen and oxygen atoms in total. The highest BCUT2D eigenvalue weighted by Gasteiger charge is 2.20. The molecule has 1 atom stereocenters. The predicted molar refractivity (Wildman–Crippen MR) is 86.5 cm³/mol. The molecule has 0 saturated heterocycles. The summed E-state index contributed by atoms with van der Waals surface area (Å²) in [6, 6.07) is -0.269. The number of carboxylic acid groups (broad SMARTS) is 1. The highest BCUT2D eigenvalue weighted by molar-refractivity contribution is 7.16. The molecule has 3 N–H and O–H groups in total. The molecular weight excluding hydrogens is 288 g/mol. The van der Waals surface area contributed by atoms with Gasteiger partial charge in [0.25, 0.3) is 0 Å². The Morgan fingerprint density at radius 1 is 1.29 bits per heavy atom. The van der Waals surface area contributed by atoms with Gasteiger partial charge in [-0.2, -0.15) is 0 Å². The average Bonchev–Trinajstić information content (AvgIpc) is 2.64. The van der Waals surface area contributed by atoms with Crippen molar-refractivity contribution in [1.82, 2.24) is 5.32 Å². The van der Waals surface area contributed by atoms with Crippen molar-refractivity contribution in [1.29, 1.82) is 0 Å². The summed E-state index contributed by atoms with van der Waals surface area (Å²) in [6.45, 7) is 7.70. The van der Waals surface area contributed by atoms with Crippen molar-refractivity contribution in [3.63, 3.8) is 0 Å². The Hall–Kier alpha value is -1.56. The van der Waals surface area contributed by atoms with Crippen LogP contribution < -0.4 is 10.6 Å². The number of thiophene rings is 1. The normalized spacial score (nSPS) is 12.0. The van der Waals surface area contributed by atoms with E-state index in [4.69, 9.17) is 0 Å². The number of aromatic carboxylic acids is 1. The second-order valence-corrected chi connectivity index (χ2v) is 6.51. The van der Waals surface area contributed by atoms with Crippen LogP contribution in [0.15, 0.2) is 0 Å². The first kappa shape index (κ1) is 17.5. The third-order valence-electron chi connectivity index (χ3n) is 3.44. The van der Waals surface area contributed by atoms with Crippen molar-refractivity contribution < 1.29 is 14.7 Å². The standard InChI is InChI=1S/C15H24N2O3S/c1-5-6-7-8-9(2)16-15(20)17-13-12(14(18)19)10(3)11(4)21-13/h9H,5-8H2,1-4H3,(H,18,19)(H2,16,17,20). The maximum absolute atomic E-state index is 11.9. The Labute approximate surface area is 129 Å². The summed E-state index contributed by atoms with van der Waals surface area (Å²) >= 11 is 1.29. The molecule has 0 aliphatic heterocycles. The van der Waals surface area contributed by atoms with Crippen molar-refractivity contribution in [2.45, 2.75) is 59.4 Å². The van der Waals surface area contributed by atoms with Gasteiger partial charge >= 0.3 is 12.0 Å². The number of amides is 2. The van der Waals surface area contributed by atoms with Crippen molar-refractivity contribution in [2.75, 3.05) is 5.32 Å². The fourth-order valence-electron chi connectivity index (χ4n) is 2.11. The fraction of sp³-hybridized carbons (Fsp3) is 0.600. The molecule has 0 aromatic carbocycles. The average molecular weight is 312 g/mol. The van der Waals surface area contributed by atoms with Gasteiger partial charge in [0.2, 0.25) is 0 Å². The zero-order valence-corrected chi connectivity index (χ0v) is 13.9. The minimum absolute atomic E-state index is 0.0759. The molecule has 0 saturated carbocycles. The smallest absolute Gasteiger partial charge is 0.338 e. The van der Waals surface area contributed by atoms with Crippen molar-refractivity contribution >= 4 is 28.3 Å². The highest BCUT2D eigenvalue weighted by Crippen LogP contribution is 2.32. The van der Waals surface area contributed by atoms with E-state index in [9.17, 15) is 14.7 Å². The summed E-state index contributed by atoms with van der Waals surface area (Å²) in [5.74, 6) is -1.01. The molecular formula is C15H24N2O3S. The van der Waals surface area contributed by atoms with Gasteiger partial charge in [0, 0.05) is 10.9 Å². The summed E-state index contributed by atoms with van der Waals surface area (Å²) in [5.41, 5.74) is 0.894. The lowest BCUT2D eigenvalue weighted by atomic mass is 10.1. The zero-order chi connectivity index (χ0) is 16.0. The second-order valence-electron chi connectivity index (χ2n) is 5.29. The van der Waals surface area contributed by atoms with E-state index in [-0.39, 0.29) is 17.6 Å². The Morgan fingerprint density at radius 3 is 2.52 bits per heavy atom. The number of hydrogen-bond donors (Lipinski definition) is 3. The molecule has 1 aromatic heterocycles. The zero-order valence-electron chi connectivity index (χ0n) is 13.1. The topological polar surface area (TPSA) is 78.4 Å². The number of anilines is 1. The number of carboxylic acids is 1. The molecule has 118 valence electrons. The van der Waals surface area contributed by atoms with Crippen LogP contribution in [0.3, 0.4) is 0 Å². The van der Waals surface area contributed by atoms with Crippen LogP contribution in [0, 0.1) is 13.8 Å². The van der Waals surface area contributed by atoms with E-state index < -0.39 is 5.97 Å². The molecule has 0 aliphatic rings. The van der Waals surface area contributed by atoms with Gasteiger partial charge in [0.1, 0.15) is 5.00 Å². The molecule has 0 radical (unpaired) electrons. The largest absolute Gasteiger partial charge is 0.478 e. The number of hydrogen-bond acceptors (Lipinski definition) is 3. The van der Waals surface area contributed by atoms with Crippen LogP contribution in [0.25, 0.3) is 0 Å². The number of carbonyl (C=O) groups is 2. The summed E-state index contributed by atoms with van der Waals surface area (Å²) in [5, 5.41) is 15.1. The van der Waals surface area contributed by atoms with Crippen LogP contribution >= 0.6 is 11.3 Å². The van der Waals surface area contributed by atoms with E-state index in [0.717, 1.165) is 30.6 Å². The van der Waals surface area contributed by atoms with Crippen LogP contribution in [0.5, 0.6) is 0 Å². The molecule has 1 rings (SSSR count). The molecule has 1 aromatic rings. The first-order chi connectivity index (χ1) is 9.86. The lowest BCUT2D eigenvalue weighted by molar-refractivity contribution is 0.0697.